The molecule has 2 N–H and O–H groups in total. The van der Waals surface area contributed by atoms with Crippen molar-refractivity contribution in [3.63, 3.8) is 0 Å². The molecule has 0 aromatic heterocycles. The molecule has 1 rings (SSSR count). The molecular formula is C11H17NO. The van der Waals surface area contributed by atoms with Crippen LogP contribution in [0.5, 0.6) is 5.75 Å². The third kappa shape index (κ3) is 2.14. The Balaban J connectivity index is 2.95. The van der Waals surface area contributed by atoms with Gasteiger partial charge in [-0.2, -0.15) is 0 Å². The van der Waals surface area contributed by atoms with Crippen molar-refractivity contribution in [2.45, 2.75) is 26.2 Å². The van der Waals surface area contributed by atoms with Crippen molar-refractivity contribution in [2.24, 2.45) is 0 Å². The average Bonchev–Trinajstić information content (AvgIpc) is 2.16. The number of hydrogen-bond donors (Lipinski definition) is 1. The minimum atomic E-state index is 0.563. The molecular weight excluding hydrogens is 162 g/mol. The largest absolute Gasteiger partial charge is 0.495 e. The van der Waals surface area contributed by atoms with E-state index in [9.17, 15) is 0 Å². The molecule has 0 radical (unpaired) electrons. The van der Waals surface area contributed by atoms with E-state index in [1.54, 1.807) is 7.11 Å². The Morgan fingerprint density at radius 3 is 2.62 bits per heavy atom. The molecule has 0 saturated carbocycles. The molecule has 0 saturated heterocycles. The van der Waals surface area contributed by atoms with Gasteiger partial charge in [0.15, 0.2) is 0 Å². The van der Waals surface area contributed by atoms with Gasteiger partial charge in [-0.05, 0) is 30.0 Å². The summed E-state index contributed by atoms with van der Waals surface area (Å²) in [5.74, 6) is 1.32. The van der Waals surface area contributed by atoms with Crippen molar-refractivity contribution in [3.8, 4) is 5.75 Å². The Hall–Kier alpha value is -1.18. The molecule has 0 aliphatic rings. The van der Waals surface area contributed by atoms with Crippen LogP contribution in [0.2, 0.25) is 0 Å². The Morgan fingerprint density at radius 2 is 2.15 bits per heavy atom. The Bertz CT molecular complexity index is 283. The van der Waals surface area contributed by atoms with Gasteiger partial charge in [0.05, 0.1) is 12.8 Å². The molecule has 1 aromatic rings. The maximum atomic E-state index is 5.80. The predicted octanol–water partition coefficient (Wildman–Crippen LogP) is 2.79. The van der Waals surface area contributed by atoms with Crippen molar-refractivity contribution < 1.29 is 4.74 Å². The summed E-state index contributed by atoms with van der Waals surface area (Å²) in [6, 6.07) is 5.99. The number of ether oxygens (including phenoxy) is 1. The van der Waals surface area contributed by atoms with Crippen molar-refractivity contribution >= 4 is 5.69 Å². The molecule has 13 heavy (non-hydrogen) atoms. The lowest BCUT2D eigenvalue weighted by Gasteiger charge is -2.11. The van der Waals surface area contributed by atoms with Crippen LogP contribution >= 0.6 is 0 Å². The highest BCUT2D eigenvalue weighted by Gasteiger charge is 2.05. The van der Waals surface area contributed by atoms with Gasteiger partial charge in [0.1, 0.15) is 5.75 Å². The van der Waals surface area contributed by atoms with Gasteiger partial charge >= 0.3 is 0 Å². The summed E-state index contributed by atoms with van der Waals surface area (Å²) in [5.41, 5.74) is 7.80. The summed E-state index contributed by atoms with van der Waals surface area (Å²) in [6.07, 6.45) is 1.13. The van der Waals surface area contributed by atoms with Crippen molar-refractivity contribution in [2.75, 3.05) is 12.8 Å². The number of rotatable bonds is 3. The summed E-state index contributed by atoms with van der Waals surface area (Å²) in [6.45, 7) is 4.37. The van der Waals surface area contributed by atoms with Crippen LogP contribution in [0.4, 0.5) is 5.69 Å². The molecule has 2 nitrogen and oxygen atoms in total. The molecule has 1 atom stereocenters. The molecule has 0 fully saturated rings. The van der Waals surface area contributed by atoms with Crippen LogP contribution < -0.4 is 10.5 Å². The SMILES string of the molecule is CC[C@@H](C)c1ccc(OC)c(N)c1. The van der Waals surface area contributed by atoms with Gasteiger partial charge in [0.25, 0.3) is 0 Å². The first-order valence-electron chi connectivity index (χ1n) is 4.62. The zero-order chi connectivity index (χ0) is 9.84. The van der Waals surface area contributed by atoms with Gasteiger partial charge in [-0.25, -0.2) is 0 Å². The molecule has 0 heterocycles. The van der Waals surface area contributed by atoms with Crippen LogP contribution in [0.25, 0.3) is 0 Å². The number of methoxy groups -OCH3 is 1. The van der Waals surface area contributed by atoms with Gasteiger partial charge in [0.2, 0.25) is 0 Å². The van der Waals surface area contributed by atoms with Gasteiger partial charge < -0.3 is 10.5 Å². The second-order valence-corrected chi connectivity index (χ2v) is 3.31. The van der Waals surface area contributed by atoms with Crippen molar-refractivity contribution in [3.05, 3.63) is 23.8 Å². The molecule has 72 valence electrons. The van der Waals surface area contributed by atoms with Gasteiger partial charge in [-0.1, -0.05) is 19.9 Å². The van der Waals surface area contributed by atoms with Crippen LogP contribution in [-0.4, -0.2) is 7.11 Å². The van der Waals surface area contributed by atoms with E-state index in [1.165, 1.54) is 5.56 Å². The maximum absolute atomic E-state index is 5.80. The van der Waals surface area contributed by atoms with Crippen LogP contribution in [0.3, 0.4) is 0 Å². The van der Waals surface area contributed by atoms with E-state index in [2.05, 4.69) is 19.9 Å². The molecule has 0 bridgehead atoms. The molecule has 0 aliphatic carbocycles. The molecule has 0 amide bonds. The van der Waals surface area contributed by atoms with Crippen LogP contribution in [-0.2, 0) is 0 Å². The first kappa shape index (κ1) is 9.90. The highest BCUT2D eigenvalue weighted by molar-refractivity contribution is 5.54. The minimum absolute atomic E-state index is 0.563. The zero-order valence-electron chi connectivity index (χ0n) is 8.50. The van der Waals surface area contributed by atoms with E-state index in [4.69, 9.17) is 10.5 Å². The Kier molecular flexibility index (Phi) is 3.18. The van der Waals surface area contributed by atoms with Gasteiger partial charge in [-0.15, -0.1) is 0 Å². The lowest BCUT2D eigenvalue weighted by molar-refractivity contribution is 0.416. The lowest BCUT2D eigenvalue weighted by atomic mass is 9.98. The zero-order valence-corrected chi connectivity index (χ0v) is 8.50. The third-order valence-electron chi connectivity index (χ3n) is 2.44. The van der Waals surface area contributed by atoms with E-state index in [-0.39, 0.29) is 0 Å². The number of benzene rings is 1. The fourth-order valence-corrected chi connectivity index (χ4v) is 1.30. The smallest absolute Gasteiger partial charge is 0.141 e. The fourth-order valence-electron chi connectivity index (χ4n) is 1.30. The number of nitrogen functional groups attached to an aromatic ring is 1. The number of nitrogens with two attached hydrogens (primary N) is 1. The molecule has 2 heteroatoms. The number of anilines is 1. The van der Waals surface area contributed by atoms with Crippen LogP contribution in [0.1, 0.15) is 31.7 Å². The summed E-state index contributed by atoms with van der Waals surface area (Å²) >= 11 is 0. The van der Waals surface area contributed by atoms with Crippen molar-refractivity contribution in [1.82, 2.24) is 0 Å². The predicted molar refractivity (Wildman–Crippen MR) is 56.1 cm³/mol. The lowest BCUT2D eigenvalue weighted by Crippen LogP contribution is -1.96. The molecule has 0 unspecified atom stereocenters. The first-order chi connectivity index (χ1) is 6.19. The Morgan fingerprint density at radius 1 is 1.46 bits per heavy atom. The van der Waals surface area contributed by atoms with Crippen LogP contribution in [0, 0.1) is 0 Å². The fraction of sp³-hybridized carbons (Fsp3) is 0.455. The molecule has 0 spiro atoms. The molecule has 1 aromatic carbocycles. The van der Waals surface area contributed by atoms with Crippen LogP contribution in [0.15, 0.2) is 18.2 Å². The van der Waals surface area contributed by atoms with E-state index < -0.39 is 0 Å². The summed E-state index contributed by atoms with van der Waals surface area (Å²) in [5, 5.41) is 0. The minimum Gasteiger partial charge on any atom is -0.495 e. The van der Waals surface area contributed by atoms with E-state index in [0.717, 1.165) is 17.9 Å². The molecule has 0 aliphatic heterocycles. The van der Waals surface area contributed by atoms with E-state index >= 15 is 0 Å². The highest BCUT2D eigenvalue weighted by atomic mass is 16.5. The number of hydrogen-bond acceptors (Lipinski definition) is 2. The quantitative estimate of drug-likeness (QED) is 0.724. The highest BCUT2D eigenvalue weighted by Crippen LogP contribution is 2.27. The van der Waals surface area contributed by atoms with E-state index in [1.807, 2.05) is 12.1 Å². The summed E-state index contributed by atoms with van der Waals surface area (Å²) in [4.78, 5) is 0. The second kappa shape index (κ2) is 4.17. The van der Waals surface area contributed by atoms with Gasteiger partial charge in [0, 0.05) is 0 Å². The maximum Gasteiger partial charge on any atom is 0.141 e. The second-order valence-electron chi connectivity index (χ2n) is 3.31. The summed E-state index contributed by atoms with van der Waals surface area (Å²) < 4.78 is 5.09. The normalized spacial score (nSPS) is 12.5. The Labute approximate surface area is 79.7 Å². The first-order valence-corrected chi connectivity index (χ1v) is 4.62. The average molecular weight is 179 g/mol. The monoisotopic (exact) mass is 179 g/mol. The summed E-state index contributed by atoms with van der Waals surface area (Å²) in [7, 11) is 1.63. The standard InChI is InChI=1S/C11H17NO/c1-4-8(2)9-5-6-11(13-3)10(12)7-9/h5-8H,4,12H2,1-3H3/t8-/m1/s1. The topological polar surface area (TPSA) is 35.2 Å². The van der Waals surface area contributed by atoms with Gasteiger partial charge in [-0.3, -0.25) is 0 Å². The van der Waals surface area contributed by atoms with Crippen molar-refractivity contribution in [1.29, 1.82) is 0 Å². The third-order valence-corrected chi connectivity index (χ3v) is 2.44. The van der Waals surface area contributed by atoms with E-state index in [0.29, 0.717) is 5.92 Å².